The van der Waals surface area contributed by atoms with Crippen LogP contribution in [0.25, 0.3) is 0 Å². The summed E-state index contributed by atoms with van der Waals surface area (Å²) in [6, 6.07) is 17.5. The van der Waals surface area contributed by atoms with Gasteiger partial charge in [-0.1, -0.05) is 54.5 Å². The second-order valence-corrected chi connectivity index (χ2v) is 7.42. The third-order valence-corrected chi connectivity index (χ3v) is 4.91. The SMILES string of the molecule is CCCc1noc(CCCC(=O)Nc2ccc(CC[C@H](O)c3ccccc3)cc2)n1. The average Bonchev–Trinajstić information content (AvgIpc) is 3.21. The first-order valence-corrected chi connectivity index (χ1v) is 10.6. The predicted molar refractivity (Wildman–Crippen MR) is 116 cm³/mol. The first-order valence-electron chi connectivity index (χ1n) is 10.6. The zero-order chi connectivity index (χ0) is 21.2. The summed E-state index contributed by atoms with van der Waals surface area (Å²) in [5.41, 5.74) is 2.83. The van der Waals surface area contributed by atoms with E-state index in [2.05, 4.69) is 22.4 Å². The summed E-state index contributed by atoms with van der Waals surface area (Å²) in [4.78, 5) is 16.5. The molecule has 1 atom stereocenters. The van der Waals surface area contributed by atoms with Crippen LogP contribution >= 0.6 is 0 Å². The number of nitrogens with zero attached hydrogens (tertiary/aromatic N) is 2. The molecule has 1 amide bonds. The van der Waals surface area contributed by atoms with E-state index in [1.807, 2.05) is 54.6 Å². The summed E-state index contributed by atoms with van der Waals surface area (Å²) in [6.45, 7) is 2.07. The first kappa shape index (κ1) is 21.7. The lowest BCUT2D eigenvalue weighted by atomic mass is 10.0. The number of aryl methyl sites for hydroxylation is 3. The van der Waals surface area contributed by atoms with Gasteiger partial charge in [0.2, 0.25) is 11.8 Å². The molecule has 0 spiro atoms. The highest BCUT2D eigenvalue weighted by Gasteiger charge is 2.09. The summed E-state index contributed by atoms with van der Waals surface area (Å²) in [7, 11) is 0. The minimum Gasteiger partial charge on any atom is -0.388 e. The molecule has 30 heavy (non-hydrogen) atoms. The molecule has 1 aromatic heterocycles. The van der Waals surface area contributed by atoms with Gasteiger partial charge in [-0.25, -0.2) is 0 Å². The third kappa shape index (κ3) is 6.81. The third-order valence-electron chi connectivity index (χ3n) is 4.91. The van der Waals surface area contributed by atoms with Gasteiger partial charge in [0.25, 0.3) is 0 Å². The van der Waals surface area contributed by atoms with Crippen molar-refractivity contribution in [3.8, 4) is 0 Å². The molecule has 6 heteroatoms. The molecule has 0 aliphatic carbocycles. The Kier molecular flexibility index (Phi) is 8.15. The number of rotatable bonds is 11. The quantitative estimate of drug-likeness (QED) is 0.483. The number of aliphatic hydroxyl groups is 1. The van der Waals surface area contributed by atoms with Gasteiger partial charge in [0.1, 0.15) is 0 Å². The van der Waals surface area contributed by atoms with Crippen molar-refractivity contribution in [2.45, 2.75) is 58.0 Å². The highest BCUT2D eigenvalue weighted by Crippen LogP contribution is 2.19. The van der Waals surface area contributed by atoms with Crippen LogP contribution in [0.2, 0.25) is 0 Å². The van der Waals surface area contributed by atoms with E-state index >= 15 is 0 Å². The molecule has 0 aliphatic rings. The van der Waals surface area contributed by atoms with Gasteiger partial charge in [-0.05, 0) is 48.9 Å². The molecule has 6 nitrogen and oxygen atoms in total. The lowest BCUT2D eigenvalue weighted by Crippen LogP contribution is -2.11. The van der Waals surface area contributed by atoms with Crippen LogP contribution in [0.1, 0.15) is 61.6 Å². The Labute approximate surface area is 177 Å². The summed E-state index contributed by atoms with van der Waals surface area (Å²) in [6.07, 6.45) is 4.42. The molecule has 1 heterocycles. The number of aromatic nitrogens is 2. The molecule has 0 saturated heterocycles. The van der Waals surface area contributed by atoms with Crippen LogP contribution in [0.15, 0.2) is 59.1 Å². The van der Waals surface area contributed by atoms with Crippen LogP contribution in [-0.2, 0) is 24.1 Å². The standard InChI is InChI=1S/C24H29N3O3/c1-2-7-22-26-24(30-27-22)11-6-10-23(29)25-20-15-12-18(13-16-20)14-17-21(28)19-8-4-3-5-9-19/h3-5,8-9,12-13,15-16,21,28H,2,6-7,10-11,14,17H2,1H3,(H,25,29)/t21-/m0/s1. The van der Waals surface area contributed by atoms with Crippen LogP contribution in [0.3, 0.4) is 0 Å². The van der Waals surface area contributed by atoms with Crippen molar-refractivity contribution in [1.29, 1.82) is 0 Å². The number of carbonyl (C=O) groups is 1. The van der Waals surface area contributed by atoms with Gasteiger partial charge in [0.05, 0.1) is 6.10 Å². The van der Waals surface area contributed by atoms with Crippen molar-refractivity contribution in [2.24, 2.45) is 0 Å². The van der Waals surface area contributed by atoms with Crippen molar-refractivity contribution in [3.05, 3.63) is 77.4 Å². The van der Waals surface area contributed by atoms with E-state index in [0.717, 1.165) is 41.9 Å². The van der Waals surface area contributed by atoms with Crippen LogP contribution in [0.4, 0.5) is 5.69 Å². The molecule has 2 N–H and O–H groups in total. The molecule has 158 valence electrons. The Morgan fingerprint density at radius 2 is 1.83 bits per heavy atom. The number of aliphatic hydroxyl groups excluding tert-OH is 1. The molecule has 0 radical (unpaired) electrons. The van der Waals surface area contributed by atoms with E-state index in [1.165, 1.54) is 0 Å². The maximum Gasteiger partial charge on any atom is 0.226 e. The van der Waals surface area contributed by atoms with Crippen molar-refractivity contribution in [1.82, 2.24) is 10.1 Å². The molecular weight excluding hydrogens is 378 g/mol. The maximum absolute atomic E-state index is 12.2. The van der Waals surface area contributed by atoms with E-state index < -0.39 is 6.10 Å². The van der Waals surface area contributed by atoms with Gasteiger partial charge in [-0.3, -0.25) is 4.79 Å². The minimum atomic E-state index is -0.470. The number of amides is 1. The Morgan fingerprint density at radius 3 is 2.57 bits per heavy atom. The largest absolute Gasteiger partial charge is 0.388 e. The number of nitrogens with one attached hydrogen (secondary N) is 1. The molecule has 0 unspecified atom stereocenters. The second-order valence-electron chi connectivity index (χ2n) is 7.42. The number of carbonyl (C=O) groups excluding carboxylic acids is 1. The normalized spacial score (nSPS) is 11.9. The predicted octanol–water partition coefficient (Wildman–Crippen LogP) is 4.65. The van der Waals surface area contributed by atoms with E-state index in [9.17, 15) is 9.90 Å². The van der Waals surface area contributed by atoms with Crippen LogP contribution in [0, 0.1) is 0 Å². The lowest BCUT2D eigenvalue weighted by molar-refractivity contribution is -0.116. The van der Waals surface area contributed by atoms with Crippen LogP contribution in [-0.4, -0.2) is 21.2 Å². The summed E-state index contributed by atoms with van der Waals surface area (Å²) in [5, 5.41) is 17.1. The highest BCUT2D eigenvalue weighted by atomic mass is 16.5. The summed E-state index contributed by atoms with van der Waals surface area (Å²) < 4.78 is 5.19. The maximum atomic E-state index is 12.2. The van der Waals surface area contributed by atoms with Crippen LogP contribution in [0.5, 0.6) is 0 Å². The number of anilines is 1. The Morgan fingerprint density at radius 1 is 1.07 bits per heavy atom. The fourth-order valence-corrected chi connectivity index (χ4v) is 3.24. The molecule has 0 fully saturated rings. The molecule has 2 aromatic carbocycles. The molecule has 0 aliphatic heterocycles. The lowest BCUT2D eigenvalue weighted by Gasteiger charge is -2.11. The van der Waals surface area contributed by atoms with Crippen molar-refractivity contribution in [3.63, 3.8) is 0 Å². The average molecular weight is 408 g/mol. The van der Waals surface area contributed by atoms with Crippen molar-refractivity contribution >= 4 is 11.6 Å². The van der Waals surface area contributed by atoms with E-state index in [0.29, 0.717) is 31.6 Å². The topological polar surface area (TPSA) is 88.2 Å². The number of hydrogen-bond donors (Lipinski definition) is 2. The highest BCUT2D eigenvalue weighted by molar-refractivity contribution is 5.90. The van der Waals surface area contributed by atoms with Crippen LogP contribution < -0.4 is 5.32 Å². The Hall–Kier alpha value is -2.99. The summed E-state index contributed by atoms with van der Waals surface area (Å²) >= 11 is 0. The van der Waals surface area contributed by atoms with Gasteiger partial charge in [0.15, 0.2) is 5.82 Å². The minimum absolute atomic E-state index is 0.0319. The van der Waals surface area contributed by atoms with Gasteiger partial charge in [-0.15, -0.1) is 0 Å². The zero-order valence-electron chi connectivity index (χ0n) is 17.4. The molecule has 0 bridgehead atoms. The Bertz CT molecular complexity index is 907. The summed E-state index contributed by atoms with van der Waals surface area (Å²) in [5.74, 6) is 1.29. The second kappa shape index (κ2) is 11.3. The van der Waals surface area contributed by atoms with Gasteiger partial charge in [-0.2, -0.15) is 4.98 Å². The monoisotopic (exact) mass is 407 g/mol. The van der Waals surface area contributed by atoms with E-state index in [4.69, 9.17) is 4.52 Å². The fraction of sp³-hybridized carbons (Fsp3) is 0.375. The van der Waals surface area contributed by atoms with Gasteiger partial charge in [0, 0.05) is 24.9 Å². The molecule has 3 aromatic rings. The number of benzene rings is 2. The van der Waals surface area contributed by atoms with Gasteiger partial charge >= 0.3 is 0 Å². The molecular formula is C24H29N3O3. The first-order chi connectivity index (χ1) is 14.6. The fourth-order valence-electron chi connectivity index (χ4n) is 3.24. The molecule has 0 saturated carbocycles. The number of hydrogen-bond acceptors (Lipinski definition) is 5. The van der Waals surface area contributed by atoms with Crippen molar-refractivity contribution < 1.29 is 14.4 Å². The molecule has 3 rings (SSSR count). The Balaban J connectivity index is 1.38. The van der Waals surface area contributed by atoms with E-state index in [1.54, 1.807) is 0 Å². The zero-order valence-corrected chi connectivity index (χ0v) is 17.4. The van der Waals surface area contributed by atoms with E-state index in [-0.39, 0.29) is 5.91 Å². The van der Waals surface area contributed by atoms with Gasteiger partial charge < -0.3 is 14.9 Å². The smallest absolute Gasteiger partial charge is 0.226 e. The van der Waals surface area contributed by atoms with Crippen molar-refractivity contribution in [2.75, 3.05) is 5.32 Å².